The summed E-state index contributed by atoms with van der Waals surface area (Å²) in [6.45, 7) is 0. The van der Waals surface area contributed by atoms with E-state index in [-0.39, 0.29) is 10.6 Å². The molecule has 2 aromatic carbocycles. The number of nitrogens with zero attached hydrogens (tertiary/aromatic N) is 2. The van der Waals surface area contributed by atoms with Crippen LogP contribution in [0.4, 0.5) is 0 Å². The molecule has 1 aromatic heterocycles. The Labute approximate surface area is 126 Å². The number of nitrogens with one attached hydrogen (secondary N) is 1. The number of carbonyl (C=O) groups excluding carboxylic acids is 1. The highest BCUT2D eigenvalue weighted by Crippen LogP contribution is 2.10. The number of carbonyl (C=O) groups is 1. The molecule has 22 heavy (non-hydrogen) atoms. The molecule has 6 nitrogen and oxygen atoms in total. The highest BCUT2D eigenvalue weighted by molar-refractivity contribution is 7.90. The van der Waals surface area contributed by atoms with Crippen LogP contribution in [0.2, 0.25) is 0 Å². The van der Waals surface area contributed by atoms with Crippen LogP contribution in [0.15, 0.2) is 65.7 Å². The van der Waals surface area contributed by atoms with Crippen LogP contribution in [-0.4, -0.2) is 24.3 Å². The van der Waals surface area contributed by atoms with Gasteiger partial charge in [-0.25, -0.2) is 18.1 Å². The van der Waals surface area contributed by atoms with E-state index in [9.17, 15) is 13.2 Å². The third-order valence-electron chi connectivity index (χ3n) is 2.96. The van der Waals surface area contributed by atoms with Gasteiger partial charge < -0.3 is 0 Å². The summed E-state index contributed by atoms with van der Waals surface area (Å²) < 4.78 is 26.2. The molecule has 0 aliphatic rings. The number of benzene rings is 2. The molecule has 0 bridgehead atoms. The minimum absolute atomic E-state index is 0.0112. The third kappa shape index (κ3) is 2.79. The summed E-state index contributed by atoms with van der Waals surface area (Å²) in [6, 6.07) is 14.7. The van der Waals surface area contributed by atoms with Gasteiger partial charge in [0.2, 0.25) is 0 Å². The zero-order chi connectivity index (χ0) is 15.6. The lowest BCUT2D eigenvalue weighted by atomic mass is 10.3. The van der Waals surface area contributed by atoms with Crippen molar-refractivity contribution >= 4 is 27.0 Å². The van der Waals surface area contributed by atoms with Crippen LogP contribution in [-0.2, 0) is 10.0 Å². The van der Waals surface area contributed by atoms with E-state index in [0.717, 1.165) is 0 Å². The van der Waals surface area contributed by atoms with Crippen LogP contribution in [0, 0.1) is 0 Å². The van der Waals surface area contributed by atoms with Crippen molar-refractivity contribution in [2.45, 2.75) is 4.90 Å². The Kier molecular flexibility index (Phi) is 3.56. The number of fused-ring (bicyclic) bond motifs is 1. The summed E-state index contributed by atoms with van der Waals surface area (Å²) in [4.78, 5) is 20.3. The van der Waals surface area contributed by atoms with Gasteiger partial charge in [-0.2, -0.15) is 0 Å². The minimum atomic E-state index is -3.93. The lowest BCUT2D eigenvalue weighted by molar-refractivity contribution is 0.0976. The van der Waals surface area contributed by atoms with Gasteiger partial charge in [-0.1, -0.05) is 30.3 Å². The van der Waals surface area contributed by atoms with Gasteiger partial charge >= 0.3 is 0 Å². The van der Waals surface area contributed by atoms with E-state index in [1.54, 1.807) is 42.5 Å². The quantitative estimate of drug-likeness (QED) is 0.795. The normalized spacial score (nSPS) is 11.3. The Hall–Kier alpha value is -2.80. The van der Waals surface area contributed by atoms with Gasteiger partial charge in [0.1, 0.15) is 5.69 Å². The molecule has 0 aliphatic heterocycles. The Balaban J connectivity index is 1.90. The van der Waals surface area contributed by atoms with Gasteiger partial charge in [0, 0.05) is 0 Å². The molecule has 110 valence electrons. The first kappa shape index (κ1) is 14.2. The topological polar surface area (TPSA) is 89.0 Å². The van der Waals surface area contributed by atoms with Gasteiger partial charge in [-0.05, 0) is 24.3 Å². The average Bonchev–Trinajstić information content (AvgIpc) is 2.55. The molecule has 0 radical (unpaired) electrons. The summed E-state index contributed by atoms with van der Waals surface area (Å²) in [5.74, 6) is -0.817. The van der Waals surface area contributed by atoms with Crippen LogP contribution in [0.1, 0.15) is 10.5 Å². The molecule has 0 spiro atoms. The van der Waals surface area contributed by atoms with Crippen LogP contribution in [0.25, 0.3) is 11.0 Å². The Morgan fingerprint density at radius 3 is 2.27 bits per heavy atom. The van der Waals surface area contributed by atoms with Crippen LogP contribution in [0.5, 0.6) is 0 Å². The Morgan fingerprint density at radius 2 is 1.55 bits per heavy atom. The smallest absolute Gasteiger partial charge is 0.266 e. The van der Waals surface area contributed by atoms with E-state index >= 15 is 0 Å². The van der Waals surface area contributed by atoms with Gasteiger partial charge in [-0.15, -0.1) is 0 Å². The maximum Gasteiger partial charge on any atom is 0.285 e. The van der Waals surface area contributed by atoms with Gasteiger partial charge in [-0.3, -0.25) is 9.78 Å². The van der Waals surface area contributed by atoms with Crippen molar-refractivity contribution in [3.63, 3.8) is 0 Å². The van der Waals surface area contributed by atoms with Crippen LogP contribution >= 0.6 is 0 Å². The zero-order valence-electron chi connectivity index (χ0n) is 11.3. The number of rotatable bonds is 3. The second-order valence-electron chi connectivity index (χ2n) is 4.49. The second kappa shape index (κ2) is 5.53. The molecule has 0 saturated carbocycles. The molecule has 7 heteroatoms. The van der Waals surface area contributed by atoms with Gasteiger partial charge in [0.15, 0.2) is 0 Å². The molecule has 0 fully saturated rings. The molecule has 3 aromatic rings. The predicted octanol–water partition coefficient (Wildman–Crippen LogP) is 1.75. The summed E-state index contributed by atoms with van der Waals surface area (Å²) >= 11 is 0. The van der Waals surface area contributed by atoms with Crippen molar-refractivity contribution in [3.05, 3.63) is 66.5 Å². The van der Waals surface area contributed by atoms with E-state index in [2.05, 4.69) is 9.97 Å². The molecule has 0 unspecified atom stereocenters. The Bertz CT molecular complexity index is 940. The predicted molar refractivity (Wildman–Crippen MR) is 80.6 cm³/mol. The largest absolute Gasteiger partial charge is 0.285 e. The lowest BCUT2D eigenvalue weighted by Gasteiger charge is -2.06. The molecule has 1 amide bonds. The molecule has 1 heterocycles. The standard InChI is InChI=1S/C15H11N3O3S/c19-15(18-22(20,21)11-6-2-1-3-7-11)14-10-16-12-8-4-5-9-13(12)17-14/h1-10H,(H,18,19). The summed E-state index contributed by atoms with van der Waals surface area (Å²) in [5, 5.41) is 0. The van der Waals surface area contributed by atoms with E-state index in [1.165, 1.54) is 18.3 Å². The van der Waals surface area contributed by atoms with E-state index in [4.69, 9.17) is 0 Å². The molecule has 1 N–H and O–H groups in total. The number of aromatic nitrogens is 2. The fraction of sp³-hybridized carbons (Fsp3) is 0. The SMILES string of the molecule is O=C(NS(=O)(=O)c1ccccc1)c1cnc2ccccc2n1. The van der Waals surface area contributed by atoms with Crippen LogP contribution < -0.4 is 4.72 Å². The van der Waals surface area contributed by atoms with Crippen molar-refractivity contribution < 1.29 is 13.2 Å². The maximum atomic E-state index is 12.1. The molecule has 0 atom stereocenters. The summed E-state index contributed by atoms with van der Waals surface area (Å²) in [5.41, 5.74) is 1.09. The van der Waals surface area contributed by atoms with E-state index in [0.29, 0.717) is 11.0 Å². The van der Waals surface area contributed by atoms with E-state index < -0.39 is 15.9 Å². The van der Waals surface area contributed by atoms with Crippen molar-refractivity contribution in [2.24, 2.45) is 0 Å². The van der Waals surface area contributed by atoms with Crippen molar-refractivity contribution in [3.8, 4) is 0 Å². The molecule has 3 rings (SSSR count). The maximum absolute atomic E-state index is 12.1. The number of para-hydroxylation sites is 2. The highest BCUT2D eigenvalue weighted by atomic mass is 32.2. The lowest BCUT2D eigenvalue weighted by Crippen LogP contribution is -2.31. The molecular formula is C15H11N3O3S. The first-order valence-electron chi connectivity index (χ1n) is 6.40. The molecule has 0 aliphatic carbocycles. The van der Waals surface area contributed by atoms with Crippen LogP contribution in [0.3, 0.4) is 0 Å². The Morgan fingerprint density at radius 1 is 0.909 bits per heavy atom. The molecule has 0 saturated heterocycles. The first-order chi connectivity index (χ1) is 10.6. The third-order valence-corrected chi connectivity index (χ3v) is 4.31. The zero-order valence-corrected chi connectivity index (χ0v) is 12.1. The summed E-state index contributed by atoms with van der Waals surface area (Å²) in [7, 11) is -3.93. The highest BCUT2D eigenvalue weighted by Gasteiger charge is 2.19. The number of amides is 1. The van der Waals surface area contributed by atoms with Gasteiger partial charge in [0.05, 0.1) is 22.1 Å². The average molecular weight is 313 g/mol. The van der Waals surface area contributed by atoms with Gasteiger partial charge in [0.25, 0.3) is 15.9 Å². The van der Waals surface area contributed by atoms with Crippen molar-refractivity contribution in [1.82, 2.24) is 14.7 Å². The second-order valence-corrected chi connectivity index (χ2v) is 6.17. The monoisotopic (exact) mass is 313 g/mol. The van der Waals surface area contributed by atoms with Crippen molar-refractivity contribution in [2.75, 3.05) is 0 Å². The first-order valence-corrected chi connectivity index (χ1v) is 7.88. The minimum Gasteiger partial charge on any atom is -0.266 e. The van der Waals surface area contributed by atoms with E-state index in [1.807, 2.05) is 4.72 Å². The molecular weight excluding hydrogens is 302 g/mol. The fourth-order valence-electron chi connectivity index (χ4n) is 1.90. The fourth-order valence-corrected chi connectivity index (χ4v) is 2.88. The summed E-state index contributed by atoms with van der Waals surface area (Å²) in [6.07, 6.45) is 1.25. The number of hydrogen-bond acceptors (Lipinski definition) is 5. The van der Waals surface area contributed by atoms with Crippen molar-refractivity contribution in [1.29, 1.82) is 0 Å². The number of hydrogen-bond donors (Lipinski definition) is 1. The number of sulfonamides is 1.